The summed E-state index contributed by atoms with van der Waals surface area (Å²) in [6.45, 7) is 3.56. The van der Waals surface area contributed by atoms with Gasteiger partial charge in [0.15, 0.2) is 12.0 Å². The monoisotopic (exact) mass is 267 g/mol. The lowest BCUT2D eigenvalue weighted by atomic mass is 10.0. The van der Waals surface area contributed by atoms with Gasteiger partial charge in [-0.05, 0) is 0 Å². The van der Waals surface area contributed by atoms with Gasteiger partial charge >= 0.3 is 6.16 Å². The van der Waals surface area contributed by atoms with Crippen molar-refractivity contribution in [3.8, 4) is 0 Å². The van der Waals surface area contributed by atoms with E-state index in [1.165, 1.54) is 11.0 Å². The third-order valence-electron chi connectivity index (χ3n) is 3.00. The van der Waals surface area contributed by atoms with Crippen LogP contribution >= 0.6 is 0 Å². The van der Waals surface area contributed by atoms with E-state index in [2.05, 4.69) is 11.3 Å². The first-order valence-electron chi connectivity index (χ1n) is 5.61. The van der Waals surface area contributed by atoms with Crippen molar-refractivity contribution in [3.05, 3.63) is 24.5 Å². The molecular formula is C12H13NO6. The summed E-state index contributed by atoms with van der Waals surface area (Å²) in [6.07, 6.45) is 1.89. The smallest absolute Gasteiger partial charge is 0.468 e. The average molecular weight is 267 g/mol. The summed E-state index contributed by atoms with van der Waals surface area (Å²) in [5.74, 6) is -0.131. The van der Waals surface area contributed by atoms with E-state index in [4.69, 9.17) is 9.47 Å². The number of allylic oxidation sites excluding steroid dienone is 1. The lowest BCUT2D eigenvalue weighted by molar-refractivity contribution is -0.179. The van der Waals surface area contributed by atoms with Crippen LogP contribution in [0.2, 0.25) is 0 Å². The fourth-order valence-electron chi connectivity index (χ4n) is 2.22. The number of ether oxygens (including phenoxy) is 3. The highest BCUT2D eigenvalue weighted by molar-refractivity contribution is 5.85. The van der Waals surface area contributed by atoms with E-state index in [0.717, 1.165) is 13.2 Å². The zero-order chi connectivity index (χ0) is 14.0. The summed E-state index contributed by atoms with van der Waals surface area (Å²) in [5.41, 5.74) is -1.48. The molecule has 0 aromatic carbocycles. The molecule has 0 aromatic heterocycles. The van der Waals surface area contributed by atoms with E-state index in [1.54, 1.807) is 0 Å². The minimum atomic E-state index is -1.48. The number of amides is 1. The Labute approximate surface area is 109 Å². The molecule has 2 aliphatic rings. The SMILES string of the molecule is C=CCC1(OC(=O)OC)C(=CC=O)O[C@@H]2CC(=O)N21. The van der Waals surface area contributed by atoms with Gasteiger partial charge in [0, 0.05) is 12.5 Å². The van der Waals surface area contributed by atoms with Gasteiger partial charge in [0.25, 0.3) is 5.72 Å². The predicted molar refractivity (Wildman–Crippen MR) is 61.5 cm³/mol. The lowest BCUT2D eigenvalue weighted by Crippen LogP contribution is -2.60. The van der Waals surface area contributed by atoms with Crippen molar-refractivity contribution >= 4 is 18.3 Å². The predicted octanol–water partition coefficient (Wildman–Crippen LogP) is 0.713. The molecule has 19 heavy (non-hydrogen) atoms. The molecule has 7 nitrogen and oxygen atoms in total. The third kappa shape index (κ3) is 1.87. The van der Waals surface area contributed by atoms with Gasteiger partial charge in [-0.3, -0.25) is 14.5 Å². The molecular weight excluding hydrogens is 254 g/mol. The Morgan fingerprint density at radius 3 is 2.95 bits per heavy atom. The molecule has 7 heteroatoms. The number of nitrogens with zero attached hydrogens (tertiary/aromatic N) is 1. The Morgan fingerprint density at radius 1 is 1.68 bits per heavy atom. The highest BCUT2D eigenvalue weighted by Gasteiger charge is 2.62. The standard InChI is InChI=1S/C12H13NO6/c1-3-5-12(19-11(16)17-2)8(4-6-14)18-10-7-9(15)13(10)12/h3-4,6,10H,1,5,7H2,2H3/t10-,12?/m1/s1. The largest absolute Gasteiger partial charge is 0.510 e. The minimum Gasteiger partial charge on any atom is -0.468 e. The Balaban J connectivity index is 2.42. The summed E-state index contributed by atoms with van der Waals surface area (Å²) in [7, 11) is 1.15. The van der Waals surface area contributed by atoms with E-state index >= 15 is 0 Å². The molecule has 102 valence electrons. The van der Waals surface area contributed by atoms with Crippen LogP contribution in [-0.4, -0.2) is 42.3 Å². The molecule has 0 aromatic rings. The Bertz CT molecular complexity index is 471. The highest BCUT2D eigenvalue weighted by atomic mass is 16.7. The van der Waals surface area contributed by atoms with Crippen molar-refractivity contribution in [3.63, 3.8) is 0 Å². The first-order valence-corrected chi connectivity index (χ1v) is 5.61. The van der Waals surface area contributed by atoms with Crippen LogP contribution in [0.5, 0.6) is 0 Å². The van der Waals surface area contributed by atoms with Crippen molar-refractivity contribution in [2.45, 2.75) is 24.8 Å². The molecule has 0 saturated carbocycles. The number of carbonyl (C=O) groups is 3. The van der Waals surface area contributed by atoms with E-state index in [9.17, 15) is 14.4 Å². The fourth-order valence-corrected chi connectivity index (χ4v) is 2.22. The van der Waals surface area contributed by atoms with Crippen LogP contribution in [0.3, 0.4) is 0 Å². The van der Waals surface area contributed by atoms with Crippen molar-refractivity contribution in [1.29, 1.82) is 0 Å². The Hall–Kier alpha value is -2.31. The van der Waals surface area contributed by atoms with Crippen molar-refractivity contribution in [2.75, 3.05) is 7.11 Å². The van der Waals surface area contributed by atoms with Crippen LogP contribution in [0, 0.1) is 0 Å². The first kappa shape index (κ1) is 13.1. The second kappa shape index (κ2) is 4.75. The summed E-state index contributed by atoms with van der Waals surface area (Å²) in [4.78, 5) is 35.0. The van der Waals surface area contributed by atoms with E-state index < -0.39 is 18.1 Å². The zero-order valence-electron chi connectivity index (χ0n) is 10.3. The summed E-state index contributed by atoms with van der Waals surface area (Å²) < 4.78 is 15.1. The van der Waals surface area contributed by atoms with Gasteiger partial charge < -0.3 is 14.2 Å². The van der Waals surface area contributed by atoms with Gasteiger partial charge in [0.2, 0.25) is 5.91 Å². The second-order valence-electron chi connectivity index (χ2n) is 4.04. The zero-order valence-corrected chi connectivity index (χ0v) is 10.3. The number of hydrogen-bond acceptors (Lipinski definition) is 6. The molecule has 2 fully saturated rings. The number of carbonyl (C=O) groups excluding carboxylic acids is 3. The molecule has 2 rings (SSSR count). The molecule has 0 N–H and O–H groups in total. The number of fused-ring (bicyclic) bond motifs is 1. The number of β-lactam (4-membered cyclic amide) rings is 1. The van der Waals surface area contributed by atoms with Crippen LogP contribution in [0.15, 0.2) is 24.5 Å². The van der Waals surface area contributed by atoms with Gasteiger partial charge in [0.1, 0.15) is 6.29 Å². The number of hydrogen-bond donors (Lipinski definition) is 0. The van der Waals surface area contributed by atoms with Gasteiger partial charge in [-0.15, -0.1) is 6.58 Å². The van der Waals surface area contributed by atoms with Crippen molar-refractivity contribution < 1.29 is 28.6 Å². The number of methoxy groups -OCH3 is 1. The average Bonchev–Trinajstić information content (AvgIpc) is 2.58. The molecule has 0 aliphatic carbocycles. The molecule has 0 radical (unpaired) electrons. The van der Waals surface area contributed by atoms with Crippen LogP contribution in [0.25, 0.3) is 0 Å². The second-order valence-corrected chi connectivity index (χ2v) is 4.04. The van der Waals surface area contributed by atoms with Crippen LogP contribution < -0.4 is 0 Å². The molecule has 0 bridgehead atoms. The Morgan fingerprint density at radius 2 is 2.42 bits per heavy atom. The van der Waals surface area contributed by atoms with Gasteiger partial charge in [0.05, 0.1) is 13.5 Å². The van der Waals surface area contributed by atoms with Crippen LogP contribution in [0.4, 0.5) is 4.79 Å². The quantitative estimate of drug-likeness (QED) is 0.245. The van der Waals surface area contributed by atoms with Crippen LogP contribution in [0.1, 0.15) is 12.8 Å². The maximum Gasteiger partial charge on any atom is 0.510 e. The van der Waals surface area contributed by atoms with Gasteiger partial charge in [-0.1, -0.05) is 6.08 Å². The van der Waals surface area contributed by atoms with Crippen molar-refractivity contribution in [1.82, 2.24) is 4.90 Å². The van der Waals surface area contributed by atoms with Gasteiger partial charge in [-0.25, -0.2) is 4.79 Å². The maximum absolute atomic E-state index is 11.7. The van der Waals surface area contributed by atoms with E-state index in [1.807, 2.05) is 0 Å². The van der Waals surface area contributed by atoms with E-state index in [-0.39, 0.29) is 24.5 Å². The summed E-state index contributed by atoms with van der Waals surface area (Å²) in [5, 5.41) is 0. The van der Waals surface area contributed by atoms with Gasteiger partial charge in [-0.2, -0.15) is 0 Å². The number of rotatable bonds is 4. The first-order chi connectivity index (χ1) is 9.08. The maximum atomic E-state index is 11.7. The minimum absolute atomic E-state index is 0.101. The summed E-state index contributed by atoms with van der Waals surface area (Å²) >= 11 is 0. The molecule has 2 aliphatic heterocycles. The normalized spacial score (nSPS) is 30.2. The Kier molecular flexibility index (Phi) is 3.28. The molecule has 1 amide bonds. The molecule has 2 atom stereocenters. The summed E-state index contributed by atoms with van der Waals surface area (Å²) in [6, 6.07) is 0. The lowest BCUT2D eigenvalue weighted by Gasteiger charge is -2.41. The van der Waals surface area contributed by atoms with E-state index in [0.29, 0.717) is 6.29 Å². The topological polar surface area (TPSA) is 82.1 Å². The molecule has 0 spiro atoms. The van der Waals surface area contributed by atoms with Crippen LogP contribution in [-0.2, 0) is 23.8 Å². The molecule has 2 heterocycles. The molecule has 2 saturated heterocycles. The van der Waals surface area contributed by atoms with Crippen molar-refractivity contribution in [2.24, 2.45) is 0 Å². The number of aldehydes is 1. The highest BCUT2D eigenvalue weighted by Crippen LogP contribution is 2.46. The molecule has 1 unspecified atom stereocenters. The fraction of sp³-hybridized carbons (Fsp3) is 0.417. The third-order valence-corrected chi connectivity index (χ3v) is 3.00.